The van der Waals surface area contributed by atoms with Gasteiger partial charge in [0.15, 0.2) is 6.26 Å². The molecule has 0 saturated heterocycles. The lowest BCUT2D eigenvalue weighted by Gasteiger charge is -1.87. The highest BCUT2D eigenvalue weighted by molar-refractivity contribution is 4.58. The Kier molecular flexibility index (Phi) is 0.997. The van der Waals surface area contributed by atoms with Gasteiger partial charge in [-0.1, -0.05) is 0 Å². The van der Waals surface area contributed by atoms with Gasteiger partial charge in [0.25, 0.3) is 6.20 Å². The van der Waals surface area contributed by atoms with Crippen molar-refractivity contribution in [1.82, 2.24) is 0 Å². The van der Waals surface area contributed by atoms with E-state index in [2.05, 4.69) is 4.42 Å². The Labute approximate surface area is 44.6 Å². The van der Waals surface area contributed by atoms with Gasteiger partial charge in [-0.25, -0.2) is 4.79 Å². The third-order valence-electron chi connectivity index (χ3n) is 0.625. The molecule has 8 heavy (non-hydrogen) atoms. The fraction of sp³-hybridized carbons (Fsp3) is 0. The van der Waals surface area contributed by atoms with Crippen molar-refractivity contribution in [3.05, 3.63) is 34.3 Å². The SMILES string of the molecule is O=c1c[n+]([O-])cco1. The second kappa shape index (κ2) is 1.65. The van der Waals surface area contributed by atoms with Crippen molar-refractivity contribution in [3.8, 4) is 0 Å². The summed E-state index contributed by atoms with van der Waals surface area (Å²) in [5, 5.41) is 10.1. The third-order valence-corrected chi connectivity index (χ3v) is 0.625. The quantitative estimate of drug-likeness (QED) is 0.329. The van der Waals surface area contributed by atoms with Gasteiger partial charge < -0.3 is 9.62 Å². The predicted molar refractivity (Wildman–Crippen MR) is 23.9 cm³/mol. The van der Waals surface area contributed by atoms with E-state index in [1.165, 1.54) is 0 Å². The molecular weight excluding hydrogens is 110 g/mol. The fourth-order valence-electron chi connectivity index (χ4n) is 0.335. The van der Waals surface area contributed by atoms with Crippen LogP contribution < -0.4 is 10.4 Å². The van der Waals surface area contributed by atoms with E-state index in [9.17, 15) is 10.0 Å². The topological polar surface area (TPSA) is 57.1 Å². The average molecular weight is 113 g/mol. The minimum Gasteiger partial charge on any atom is -0.618 e. The second-order valence-corrected chi connectivity index (χ2v) is 1.21. The van der Waals surface area contributed by atoms with E-state index in [4.69, 9.17) is 0 Å². The number of aromatic nitrogens is 1. The van der Waals surface area contributed by atoms with Gasteiger partial charge in [0.1, 0.15) is 0 Å². The van der Waals surface area contributed by atoms with Gasteiger partial charge in [-0.2, -0.15) is 4.73 Å². The molecule has 0 atom stereocenters. The molecule has 0 N–H and O–H groups in total. The lowest BCUT2D eigenvalue weighted by Crippen LogP contribution is -2.28. The molecular formula is C4H3NO3. The monoisotopic (exact) mass is 113 g/mol. The molecule has 0 amide bonds. The zero-order valence-corrected chi connectivity index (χ0v) is 3.90. The zero-order valence-electron chi connectivity index (χ0n) is 3.90. The molecule has 4 heteroatoms. The summed E-state index contributed by atoms with van der Waals surface area (Å²) in [6, 6.07) is 0. The molecule has 0 saturated carbocycles. The normalized spacial score (nSPS) is 9.00. The van der Waals surface area contributed by atoms with Crippen LogP contribution in [0.2, 0.25) is 0 Å². The summed E-state index contributed by atoms with van der Waals surface area (Å²) in [5.41, 5.74) is -0.637. The van der Waals surface area contributed by atoms with Gasteiger partial charge in [0.2, 0.25) is 6.20 Å². The van der Waals surface area contributed by atoms with Crippen LogP contribution in [0.4, 0.5) is 0 Å². The van der Waals surface area contributed by atoms with Crippen molar-refractivity contribution in [3.63, 3.8) is 0 Å². The first-order valence-corrected chi connectivity index (χ1v) is 1.96. The first-order chi connectivity index (χ1) is 3.79. The van der Waals surface area contributed by atoms with E-state index in [1.54, 1.807) is 0 Å². The largest absolute Gasteiger partial charge is 0.618 e. The van der Waals surface area contributed by atoms with Crippen molar-refractivity contribution >= 4 is 0 Å². The van der Waals surface area contributed by atoms with Crippen LogP contribution in [0.5, 0.6) is 0 Å². The highest BCUT2D eigenvalue weighted by Crippen LogP contribution is 1.63. The van der Waals surface area contributed by atoms with Crippen LogP contribution in [-0.4, -0.2) is 0 Å². The van der Waals surface area contributed by atoms with Crippen LogP contribution >= 0.6 is 0 Å². The Morgan fingerprint density at radius 1 is 1.75 bits per heavy atom. The standard InChI is InChI=1S/C4H3NO3/c6-4-3-5(7)1-2-8-4/h1-3H. The summed E-state index contributed by atoms with van der Waals surface area (Å²) in [6.45, 7) is 0. The maximum absolute atomic E-state index is 10.1. The van der Waals surface area contributed by atoms with Gasteiger partial charge in [0.05, 0.1) is 0 Å². The number of nitrogens with zero attached hydrogens (tertiary/aromatic N) is 1. The van der Waals surface area contributed by atoms with Crippen molar-refractivity contribution in [2.24, 2.45) is 0 Å². The van der Waals surface area contributed by atoms with E-state index in [0.29, 0.717) is 4.73 Å². The molecule has 0 aromatic carbocycles. The van der Waals surface area contributed by atoms with Crippen molar-refractivity contribution in [1.29, 1.82) is 0 Å². The van der Waals surface area contributed by atoms with Gasteiger partial charge in [-0.3, -0.25) is 0 Å². The third kappa shape index (κ3) is 0.841. The Bertz CT molecular complexity index is 229. The molecule has 1 aromatic rings. The van der Waals surface area contributed by atoms with Crippen LogP contribution in [0, 0.1) is 5.21 Å². The van der Waals surface area contributed by atoms with Gasteiger partial charge in [-0.05, 0) is 0 Å². The van der Waals surface area contributed by atoms with E-state index in [0.717, 1.165) is 18.7 Å². The summed E-state index contributed by atoms with van der Waals surface area (Å²) in [6.07, 6.45) is 2.94. The minimum atomic E-state index is -0.637. The molecule has 0 aliphatic rings. The number of rotatable bonds is 0. The Morgan fingerprint density at radius 3 is 2.88 bits per heavy atom. The Morgan fingerprint density at radius 2 is 2.50 bits per heavy atom. The van der Waals surface area contributed by atoms with Crippen molar-refractivity contribution in [2.45, 2.75) is 0 Å². The Balaban J connectivity index is 3.28. The highest BCUT2D eigenvalue weighted by Gasteiger charge is 1.87. The van der Waals surface area contributed by atoms with Crippen LogP contribution in [-0.2, 0) is 0 Å². The van der Waals surface area contributed by atoms with Crippen molar-refractivity contribution < 1.29 is 9.15 Å². The molecule has 0 aliphatic heterocycles. The van der Waals surface area contributed by atoms with Gasteiger partial charge in [0, 0.05) is 0 Å². The summed E-state index contributed by atoms with van der Waals surface area (Å²) in [4.78, 5) is 10.1. The molecule has 0 aliphatic carbocycles. The molecule has 0 fully saturated rings. The molecule has 42 valence electrons. The first-order valence-electron chi connectivity index (χ1n) is 1.96. The van der Waals surface area contributed by atoms with Crippen LogP contribution in [0.25, 0.3) is 0 Å². The van der Waals surface area contributed by atoms with E-state index in [-0.39, 0.29) is 0 Å². The Hall–Kier alpha value is -1.32. The maximum Gasteiger partial charge on any atom is 0.402 e. The lowest BCUT2D eigenvalue weighted by atomic mass is 10.8. The molecule has 0 spiro atoms. The van der Waals surface area contributed by atoms with Crippen LogP contribution in [0.1, 0.15) is 0 Å². The highest BCUT2D eigenvalue weighted by atomic mass is 16.5. The van der Waals surface area contributed by atoms with Crippen LogP contribution in [0.15, 0.2) is 27.9 Å². The lowest BCUT2D eigenvalue weighted by molar-refractivity contribution is -0.608. The summed E-state index contributed by atoms with van der Waals surface area (Å²) in [5.74, 6) is 0. The van der Waals surface area contributed by atoms with E-state index >= 15 is 0 Å². The summed E-state index contributed by atoms with van der Waals surface area (Å²) >= 11 is 0. The molecule has 1 rings (SSSR count). The van der Waals surface area contributed by atoms with Crippen molar-refractivity contribution in [2.75, 3.05) is 0 Å². The number of hydrogen-bond donors (Lipinski definition) is 0. The predicted octanol–water partition coefficient (Wildman–Crippen LogP) is -0.727. The summed E-state index contributed by atoms with van der Waals surface area (Å²) < 4.78 is 4.61. The fourth-order valence-corrected chi connectivity index (χ4v) is 0.335. The van der Waals surface area contributed by atoms with E-state index < -0.39 is 5.63 Å². The summed E-state index contributed by atoms with van der Waals surface area (Å²) in [7, 11) is 0. The first kappa shape index (κ1) is 4.83. The molecule has 1 aromatic heterocycles. The smallest absolute Gasteiger partial charge is 0.402 e. The minimum absolute atomic E-state index is 0.381. The maximum atomic E-state index is 10.1. The zero-order chi connectivity index (χ0) is 5.98. The molecule has 0 unspecified atom stereocenters. The van der Waals surface area contributed by atoms with Gasteiger partial charge >= 0.3 is 5.63 Å². The molecule has 4 nitrogen and oxygen atoms in total. The second-order valence-electron chi connectivity index (χ2n) is 1.21. The molecule has 1 heterocycles. The molecule has 0 radical (unpaired) electrons. The van der Waals surface area contributed by atoms with E-state index in [1.807, 2.05) is 0 Å². The van der Waals surface area contributed by atoms with Gasteiger partial charge in [-0.15, -0.1) is 0 Å². The van der Waals surface area contributed by atoms with Crippen LogP contribution in [0.3, 0.4) is 0 Å². The molecule has 0 bridgehead atoms. The average Bonchev–Trinajstić information content (AvgIpc) is 1.64. The number of hydrogen-bond acceptors (Lipinski definition) is 3.